The van der Waals surface area contributed by atoms with Gasteiger partial charge >= 0.3 is 5.97 Å². The van der Waals surface area contributed by atoms with Crippen LogP contribution >= 0.6 is 0 Å². The number of rotatable bonds is 4. The van der Waals surface area contributed by atoms with Crippen LogP contribution in [-0.2, 0) is 21.6 Å². The average molecular weight is 365 g/mol. The van der Waals surface area contributed by atoms with E-state index in [1.54, 1.807) is 0 Å². The number of carbonyl (C=O) groups excluding carboxylic acids is 1. The zero-order valence-electron chi connectivity index (χ0n) is 16.2. The van der Waals surface area contributed by atoms with Crippen LogP contribution in [0, 0.1) is 31.1 Å². The molecule has 6 rings (SSSR count). The van der Waals surface area contributed by atoms with E-state index in [2.05, 4.69) is 36.3 Å². The van der Waals surface area contributed by atoms with Gasteiger partial charge in [-0.15, -0.1) is 0 Å². The maximum atomic E-state index is 13.2. The number of ether oxygens (including phenoxy) is 1. The molecule has 4 nitrogen and oxygen atoms in total. The third kappa shape index (κ3) is 2.81. The lowest BCUT2D eigenvalue weighted by atomic mass is 9.43. The number of esters is 1. The summed E-state index contributed by atoms with van der Waals surface area (Å²) >= 11 is 0. The Bertz CT molecular complexity index is 852. The van der Waals surface area contributed by atoms with Crippen molar-refractivity contribution in [1.29, 1.82) is 0 Å². The number of carbonyl (C=O) groups is 1. The summed E-state index contributed by atoms with van der Waals surface area (Å²) in [7, 11) is 0. The Morgan fingerprint density at radius 1 is 1.15 bits per heavy atom. The van der Waals surface area contributed by atoms with E-state index in [4.69, 9.17) is 9.26 Å². The molecular weight excluding hydrogens is 338 g/mol. The van der Waals surface area contributed by atoms with E-state index in [-0.39, 0.29) is 23.4 Å². The van der Waals surface area contributed by atoms with E-state index in [9.17, 15) is 4.79 Å². The third-order valence-electron chi connectivity index (χ3n) is 7.18. The standard InChI is InChI=1S/C23H27NO3/c1-15-3-5-19(6-4-15)22-9-17-8-18(10-22)12-23(11-17,14-22)21(25)26-13-20-7-16(2)24-27-20/h3-7,17-18H,8-14H2,1-2H3. The molecule has 0 radical (unpaired) electrons. The lowest BCUT2D eigenvalue weighted by Gasteiger charge is -2.61. The quantitative estimate of drug-likeness (QED) is 0.725. The zero-order chi connectivity index (χ0) is 18.6. The van der Waals surface area contributed by atoms with Gasteiger partial charge in [0.1, 0.15) is 0 Å². The van der Waals surface area contributed by atoms with Crippen LogP contribution in [0.5, 0.6) is 0 Å². The smallest absolute Gasteiger partial charge is 0.312 e. The first kappa shape index (κ1) is 17.0. The van der Waals surface area contributed by atoms with Gasteiger partial charge in [0.05, 0.1) is 11.1 Å². The van der Waals surface area contributed by atoms with Crippen LogP contribution in [0.15, 0.2) is 34.9 Å². The number of hydrogen-bond donors (Lipinski definition) is 0. The number of aryl methyl sites for hydroxylation is 2. The molecule has 4 bridgehead atoms. The van der Waals surface area contributed by atoms with Gasteiger partial charge in [0.2, 0.25) is 0 Å². The second kappa shape index (κ2) is 5.95. The molecule has 4 heteroatoms. The van der Waals surface area contributed by atoms with E-state index in [1.165, 1.54) is 30.4 Å². The summed E-state index contributed by atoms with van der Waals surface area (Å²) in [4.78, 5) is 13.2. The minimum atomic E-state index is -0.315. The van der Waals surface area contributed by atoms with Gasteiger partial charge in [0.15, 0.2) is 12.4 Å². The van der Waals surface area contributed by atoms with E-state index in [0.29, 0.717) is 17.6 Å². The molecule has 27 heavy (non-hydrogen) atoms. The molecule has 2 atom stereocenters. The molecule has 2 aromatic rings. The Morgan fingerprint density at radius 2 is 1.85 bits per heavy atom. The second-order valence-corrected chi connectivity index (χ2v) is 9.40. The van der Waals surface area contributed by atoms with E-state index < -0.39 is 0 Å². The third-order valence-corrected chi connectivity index (χ3v) is 7.18. The minimum Gasteiger partial charge on any atom is -0.457 e. The maximum absolute atomic E-state index is 13.2. The molecule has 4 fully saturated rings. The van der Waals surface area contributed by atoms with Gasteiger partial charge in [-0.25, -0.2) is 0 Å². The predicted molar refractivity (Wildman–Crippen MR) is 101 cm³/mol. The van der Waals surface area contributed by atoms with Crippen molar-refractivity contribution >= 4 is 5.97 Å². The summed E-state index contributed by atoms with van der Waals surface area (Å²) < 4.78 is 11.0. The molecule has 2 unspecified atom stereocenters. The summed E-state index contributed by atoms with van der Waals surface area (Å²) in [6, 6.07) is 10.8. The van der Waals surface area contributed by atoms with Crippen molar-refractivity contribution in [2.45, 2.75) is 64.4 Å². The highest BCUT2D eigenvalue weighted by molar-refractivity contribution is 5.78. The normalized spacial score (nSPS) is 34.0. The van der Waals surface area contributed by atoms with Crippen molar-refractivity contribution in [3.8, 4) is 0 Å². The summed E-state index contributed by atoms with van der Waals surface area (Å²) in [5, 5.41) is 3.88. The van der Waals surface area contributed by atoms with Gasteiger partial charge in [-0.3, -0.25) is 4.79 Å². The van der Waals surface area contributed by atoms with Crippen LogP contribution in [-0.4, -0.2) is 11.1 Å². The van der Waals surface area contributed by atoms with Crippen LogP contribution in [0.2, 0.25) is 0 Å². The molecule has 1 aromatic heterocycles. The Balaban J connectivity index is 1.41. The molecule has 4 aliphatic rings. The number of nitrogens with zero attached hydrogens (tertiary/aromatic N) is 1. The molecule has 0 spiro atoms. The van der Waals surface area contributed by atoms with Gasteiger partial charge in [-0.05, 0) is 75.2 Å². The van der Waals surface area contributed by atoms with Crippen molar-refractivity contribution in [2.24, 2.45) is 17.3 Å². The van der Waals surface area contributed by atoms with Crippen molar-refractivity contribution in [3.05, 3.63) is 52.9 Å². The Kier molecular flexibility index (Phi) is 3.75. The molecule has 0 saturated heterocycles. The van der Waals surface area contributed by atoms with Gasteiger partial charge in [-0.2, -0.15) is 0 Å². The number of hydrogen-bond acceptors (Lipinski definition) is 4. The summed E-state index contributed by atoms with van der Waals surface area (Å²) in [6.07, 6.45) is 6.65. The molecule has 0 N–H and O–H groups in total. The fourth-order valence-electron chi connectivity index (χ4n) is 6.52. The fraction of sp³-hybridized carbons (Fsp3) is 0.565. The highest BCUT2D eigenvalue weighted by Crippen LogP contribution is 2.66. The van der Waals surface area contributed by atoms with Gasteiger partial charge in [-0.1, -0.05) is 35.0 Å². The van der Waals surface area contributed by atoms with Crippen molar-refractivity contribution < 1.29 is 14.1 Å². The number of aromatic nitrogens is 1. The largest absolute Gasteiger partial charge is 0.457 e. The lowest BCUT2D eigenvalue weighted by Crippen LogP contribution is -2.57. The van der Waals surface area contributed by atoms with Crippen molar-refractivity contribution in [2.75, 3.05) is 0 Å². The first-order chi connectivity index (χ1) is 13.0. The Morgan fingerprint density at radius 3 is 2.48 bits per heavy atom. The summed E-state index contributed by atoms with van der Waals surface area (Å²) in [5.41, 5.74) is 3.36. The molecule has 142 valence electrons. The lowest BCUT2D eigenvalue weighted by molar-refractivity contribution is -0.176. The summed E-state index contributed by atoms with van der Waals surface area (Å²) in [6.45, 7) is 4.20. The molecule has 1 aromatic carbocycles. The molecule has 0 amide bonds. The molecule has 4 saturated carbocycles. The van der Waals surface area contributed by atoms with Crippen LogP contribution < -0.4 is 0 Å². The molecular formula is C23H27NO3. The molecule has 0 aliphatic heterocycles. The van der Waals surface area contributed by atoms with Crippen LogP contribution in [0.3, 0.4) is 0 Å². The van der Waals surface area contributed by atoms with Gasteiger partial charge < -0.3 is 9.26 Å². The molecule has 4 aliphatic carbocycles. The van der Waals surface area contributed by atoms with E-state index >= 15 is 0 Å². The first-order valence-corrected chi connectivity index (χ1v) is 10.1. The SMILES string of the molecule is Cc1ccc(C23CC4CC(CC(C(=O)OCc5cc(C)no5)(C4)C2)C3)cc1. The van der Waals surface area contributed by atoms with Gasteiger partial charge in [0, 0.05) is 6.07 Å². The Hall–Kier alpha value is -2.10. The van der Waals surface area contributed by atoms with E-state index in [0.717, 1.165) is 25.0 Å². The fourth-order valence-corrected chi connectivity index (χ4v) is 6.52. The summed E-state index contributed by atoms with van der Waals surface area (Å²) in [5.74, 6) is 1.89. The highest BCUT2D eigenvalue weighted by Gasteiger charge is 2.61. The predicted octanol–water partition coefficient (Wildman–Crippen LogP) is 4.87. The Labute approximate surface area is 160 Å². The van der Waals surface area contributed by atoms with E-state index in [1.807, 2.05) is 13.0 Å². The first-order valence-electron chi connectivity index (χ1n) is 10.1. The second-order valence-electron chi connectivity index (χ2n) is 9.40. The monoisotopic (exact) mass is 365 g/mol. The topological polar surface area (TPSA) is 52.3 Å². The van der Waals surface area contributed by atoms with Crippen LogP contribution in [0.25, 0.3) is 0 Å². The maximum Gasteiger partial charge on any atom is 0.312 e. The van der Waals surface area contributed by atoms with Crippen LogP contribution in [0.1, 0.15) is 61.1 Å². The van der Waals surface area contributed by atoms with Crippen molar-refractivity contribution in [3.63, 3.8) is 0 Å². The number of benzene rings is 1. The zero-order valence-corrected chi connectivity index (χ0v) is 16.2. The molecule has 1 heterocycles. The van der Waals surface area contributed by atoms with Crippen molar-refractivity contribution in [1.82, 2.24) is 5.16 Å². The highest BCUT2D eigenvalue weighted by atomic mass is 16.6. The average Bonchev–Trinajstić information content (AvgIpc) is 3.04. The minimum absolute atomic E-state index is 0.0258. The van der Waals surface area contributed by atoms with Crippen LogP contribution in [0.4, 0.5) is 0 Å². The van der Waals surface area contributed by atoms with Gasteiger partial charge in [0.25, 0.3) is 0 Å².